The van der Waals surface area contributed by atoms with Gasteiger partial charge >= 0.3 is 0 Å². The lowest BCUT2D eigenvalue weighted by molar-refractivity contribution is -0.123. The van der Waals surface area contributed by atoms with Gasteiger partial charge in [0.05, 0.1) is 5.52 Å². The van der Waals surface area contributed by atoms with Crippen LogP contribution in [0.4, 0.5) is 11.8 Å². The van der Waals surface area contributed by atoms with E-state index in [1.54, 1.807) is 0 Å². The molecule has 0 atom stereocenters. The zero-order valence-electron chi connectivity index (χ0n) is 15.5. The van der Waals surface area contributed by atoms with Gasteiger partial charge in [-0.25, -0.2) is 4.98 Å². The largest absolute Gasteiger partial charge is 0.362 e. The molecule has 26 heavy (non-hydrogen) atoms. The molecule has 138 valence electrons. The van der Waals surface area contributed by atoms with Crippen molar-refractivity contribution in [2.45, 2.75) is 50.6 Å². The maximum absolute atomic E-state index is 11.9. The predicted octanol–water partition coefficient (Wildman–Crippen LogP) is 2.95. The summed E-state index contributed by atoms with van der Waals surface area (Å²) in [6, 6.07) is 8.80. The van der Waals surface area contributed by atoms with Gasteiger partial charge in [0, 0.05) is 37.5 Å². The number of hydrogen-bond acceptors (Lipinski definition) is 5. The third-order valence-electron chi connectivity index (χ3n) is 5.36. The highest BCUT2D eigenvalue weighted by molar-refractivity contribution is 5.90. The Bertz CT molecular complexity index is 794. The van der Waals surface area contributed by atoms with Gasteiger partial charge in [-0.3, -0.25) is 4.79 Å². The summed E-state index contributed by atoms with van der Waals surface area (Å²) in [5.74, 6) is 2.18. The average molecular weight is 353 g/mol. The Balaban J connectivity index is 1.41. The van der Waals surface area contributed by atoms with Crippen molar-refractivity contribution in [2.75, 3.05) is 24.3 Å². The van der Waals surface area contributed by atoms with E-state index in [9.17, 15) is 4.79 Å². The summed E-state index contributed by atoms with van der Waals surface area (Å²) in [6.07, 6.45) is 6.23. The topological polar surface area (TPSA) is 70.2 Å². The number of nitrogens with one attached hydrogen (secondary N) is 2. The van der Waals surface area contributed by atoms with Crippen molar-refractivity contribution in [1.82, 2.24) is 15.3 Å². The van der Waals surface area contributed by atoms with E-state index in [-0.39, 0.29) is 5.91 Å². The molecule has 2 aliphatic rings. The molecule has 0 spiro atoms. The van der Waals surface area contributed by atoms with Gasteiger partial charge in [0.1, 0.15) is 5.82 Å². The summed E-state index contributed by atoms with van der Waals surface area (Å²) in [4.78, 5) is 23.4. The van der Waals surface area contributed by atoms with Crippen molar-refractivity contribution >= 4 is 28.6 Å². The van der Waals surface area contributed by atoms with Crippen molar-refractivity contribution in [2.24, 2.45) is 5.92 Å². The third-order valence-corrected chi connectivity index (χ3v) is 5.36. The summed E-state index contributed by atoms with van der Waals surface area (Å²) in [6.45, 7) is 0. The highest BCUT2D eigenvalue weighted by Gasteiger charge is 2.32. The molecule has 0 unspecified atom stereocenters. The van der Waals surface area contributed by atoms with Crippen molar-refractivity contribution < 1.29 is 4.79 Å². The summed E-state index contributed by atoms with van der Waals surface area (Å²) in [5.41, 5.74) is 0.957. The number of aromatic nitrogens is 2. The molecule has 1 heterocycles. The Hall–Kier alpha value is -2.37. The second kappa shape index (κ2) is 7.09. The molecule has 1 aromatic carbocycles. The van der Waals surface area contributed by atoms with Gasteiger partial charge in [0.15, 0.2) is 0 Å². The quantitative estimate of drug-likeness (QED) is 0.865. The normalized spacial score (nSPS) is 22.8. The van der Waals surface area contributed by atoms with Crippen LogP contribution in [0.25, 0.3) is 10.9 Å². The molecule has 2 saturated carbocycles. The number of anilines is 2. The molecular formula is C20H27N5O. The Kier molecular flexibility index (Phi) is 4.66. The molecule has 1 amide bonds. The van der Waals surface area contributed by atoms with Crippen molar-refractivity contribution in [1.29, 1.82) is 0 Å². The minimum Gasteiger partial charge on any atom is -0.362 e. The van der Waals surface area contributed by atoms with E-state index in [2.05, 4.69) is 16.7 Å². The third kappa shape index (κ3) is 3.74. The highest BCUT2D eigenvalue weighted by Crippen LogP contribution is 2.30. The highest BCUT2D eigenvalue weighted by atomic mass is 16.2. The van der Waals surface area contributed by atoms with E-state index in [0.29, 0.717) is 23.9 Å². The first-order valence-electron chi connectivity index (χ1n) is 9.61. The molecule has 2 aromatic rings. The van der Waals surface area contributed by atoms with Gasteiger partial charge in [-0.1, -0.05) is 12.1 Å². The van der Waals surface area contributed by atoms with E-state index in [1.165, 1.54) is 0 Å². The maximum Gasteiger partial charge on any atom is 0.225 e. The second-order valence-electron chi connectivity index (χ2n) is 7.76. The number of benzene rings is 1. The molecule has 0 saturated heterocycles. The molecule has 0 bridgehead atoms. The van der Waals surface area contributed by atoms with Crippen LogP contribution in [0.15, 0.2) is 24.3 Å². The van der Waals surface area contributed by atoms with Gasteiger partial charge in [0.25, 0.3) is 0 Å². The monoisotopic (exact) mass is 353 g/mol. The van der Waals surface area contributed by atoms with Gasteiger partial charge in [0.2, 0.25) is 11.9 Å². The van der Waals surface area contributed by atoms with Gasteiger partial charge < -0.3 is 15.5 Å². The lowest BCUT2D eigenvalue weighted by atomic mass is 9.91. The van der Waals surface area contributed by atoms with Gasteiger partial charge in [-0.2, -0.15) is 4.98 Å². The van der Waals surface area contributed by atoms with E-state index in [1.807, 2.05) is 37.2 Å². The summed E-state index contributed by atoms with van der Waals surface area (Å²) < 4.78 is 0. The van der Waals surface area contributed by atoms with Crippen molar-refractivity contribution in [3.63, 3.8) is 0 Å². The van der Waals surface area contributed by atoms with Crippen LogP contribution in [0.3, 0.4) is 0 Å². The first-order valence-corrected chi connectivity index (χ1v) is 9.61. The fraction of sp³-hybridized carbons (Fsp3) is 0.550. The molecule has 0 radical (unpaired) electrons. The van der Waals surface area contributed by atoms with E-state index in [4.69, 9.17) is 9.97 Å². The van der Waals surface area contributed by atoms with E-state index in [0.717, 1.165) is 55.2 Å². The Labute approximate surface area is 154 Å². The molecule has 4 rings (SSSR count). The number of rotatable bonds is 5. The van der Waals surface area contributed by atoms with Crippen LogP contribution >= 0.6 is 0 Å². The minimum absolute atomic E-state index is 0.259. The smallest absolute Gasteiger partial charge is 0.225 e. The molecule has 1 aromatic heterocycles. The Morgan fingerprint density at radius 3 is 2.38 bits per heavy atom. The van der Waals surface area contributed by atoms with Crippen LogP contribution in [-0.4, -0.2) is 42.1 Å². The number of carbonyl (C=O) groups is 1. The first kappa shape index (κ1) is 17.1. The van der Waals surface area contributed by atoms with Crippen LogP contribution in [0.5, 0.6) is 0 Å². The average Bonchev–Trinajstić information content (AvgIpc) is 3.48. The summed E-state index contributed by atoms with van der Waals surface area (Å²) >= 11 is 0. The number of carbonyl (C=O) groups excluding carboxylic acids is 1. The lowest BCUT2D eigenvalue weighted by Crippen LogP contribution is -2.40. The van der Waals surface area contributed by atoms with Gasteiger partial charge in [-0.05, 0) is 50.7 Å². The molecular weight excluding hydrogens is 326 g/mol. The molecule has 6 nitrogen and oxygen atoms in total. The van der Waals surface area contributed by atoms with Crippen LogP contribution in [0, 0.1) is 5.92 Å². The zero-order chi connectivity index (χ0) is 18.1. The molecule has 2 N–H and O–H groups in total. The molecule has 6 heteroatoms. The number of fused-ring (bicyclic) bond motifs is 1. The van der Waals surface area contributed by atoms with Crippen LogP contribution in [0.2, 0.25) is 0 Å². The van der Waals surface area contributed by atoms with Crippen LogP contribution in [-0.2, 0) is 4.79 Å². The number of hydrogen-bond donors (Lipinski definition) is 2. The predicted molar refractivity (Wildman–Crippen MR) is 104 cm³/mol. The standard InChI is InChI=1S/C20H27N5O/c1-25(2)18-16-5-3-4-6-17(16)23-20(24-18)22-15-11-9-14(10-12-15)21-19(26)13-7-8-13/h3-6,13-15H,7-12H2,1-2H3,(H,21,26)(H,22,23,24). The van der Waals surface area contributed by atoms with Crippen LogP contribution in [0.1, 0.15) is 38.5 Å². The van der Waals surface area contributed by atoms with Crippen molar-refractivity contribution in [3.8, 4) is 0 Å². The number of amides is 1. The van der Waals surface area contributed by atoms with E-state index >= 15 is 0 Å². The van der Waals surface area contributed by atoms with Gasteiger partial charge in [-0.15, -0.1) is 0 Å². The second-order valence-corrected chi connectivity index (χ2v) is 7.76. The minimum atomic E-state index is 0.259. The number of nitrogens with zero attached hydrogens (tertiary/aromatic N) is 3. The zero-order valence-corrected chi connectivity index (χ0v) is 15.5. The summed E-state index contributed by atoms with van der Waals surface area (Å²) in [5, 5.41) is 7.79. The maximum atomic E-state index is 11.9. The fourth-order valence-electron chi connectivity index (χ4n) is 3.69. The Morgan fingerprint density at radius 2 is 1.69 bits per heavy atom. The fourth-order valence-corrected chi connectivity index (χ4v) is 3.69. The lowest BCUT2D eigenvalue weighted by Gasteiger charge is -2.30. The van der Waals surface area contributed by atoms with Crippen molar-refractivity contribution in [3.05, 3.63) is 24.3 Å². The molecule has 2 aliphatic carbocycles. The Morgan fingerprint density at radius 1 is 1.00 bits per heavy atom. The molecule has 0 aliphatic heterocycles. The number of para-hydroxylation sites is 1. The first-order chi connectivity index (χ1) is 12.6. The SMILES string of the molecule is CN(C)c1nc(NC2CCC(NC(=O)C3CC3)CC2)nc2ccccc12. The van der Waals surface area contributed by atoms with E-state index < -0.39 is 0 Å². The summed E-state index contributed by atoms with van der Waals surface area (Å²) in [7, 11) is 4.01. The molecule has 2 fully saturated rings. The van der Waals surface area contributed by atoms with Crippen LogP contribution < -0.4 is 15.5 Å².